The van der Waals surface area contributed by atoms with Crippen molar-refractivity contribution in [1.82, 2.24) is 10.2 Å². The maximum Gasteiger partial charge on any atom is 0.244 e. The quantitative estimate of drug-likeness (QED) is 0.596. The molecule has 0 amide bonds. The minimum Gasteiger partial charge on any atom is -0.489 e. The van der Waals surface area contributed by atoms with Crippen LogP contribution >= 0.6 is 11.6 Å². The van der Waals surface area contributed by atoms with E-state index in [-0.39, 0.29) is 11.8 Å². The molecule has 1 aliphatic rings. The summed E-state index contributed by atoms with van der Waals surface area (Å²) in [6.07, 6.45) is 1.75. The number of nitrogens with one attached hydrogen (secondary N) is 1. The average molecular weight is 421 g/mol. The molecule has 3 N–H and O–H groups in total. The fourth-order valence-electron chi connectivity index (χ4n) is 3.63. The van der Waals surface area contributed by atoms with Gasteiger partial charge >= 0.3 is 0 Å². The number of halogens is 1. The minimum atomic E-state index is -0.332. The Morgan fingerprint density at radius 2 is 2.07 bits per heavy atom. The fraction of sp³-hybridized carbons (Fsp3) is 0.217. The van der Waals surface area contributed by atoms with Gasteiger partial charge in [-0.15, -0.1) is 5.10 Å². The van der Waals surface area contributed by atoms with Crippen LogP contribution in [0.5, 0.6) is 11.6 Å². The van der Waals surface area contributed by atoms with Crippen LogP contribution in [-0.2, 0) is 13.0 Å². The molecule has 4 rings (SSSR count). The first-order chi connectivity index (χ1) is 14.6. The largest absolute Gasteiger partial charge is 0.489 e. The van der Waals surface area contributed by atoms with Crippen molar-refractivity contribution in [3.63, 3.8) is 0 Å². The van der Waals surface area contributed by atoms with Crippen molar-refractivity contribution in [2.75, 3.05) is 0 Å². The number of ether oxygens (including phenoxy) is 2. The van der Waals surface area contributed by atoms with Gasteiger partial charge in [-0.25, -0.2) is 0 Å². The number of nitriles is 1. The maximum atomic E-state index is 9.73. The van der Waals surface area contributed by atoms with E-state index in [1.807, 2.05) is 48.5 Å². The van der Waals surface area contributed by atoms with Crippen molar-refractivity contribution < 1.29 is 9.47 Å². The summed E-state index contributed by atoms with van der Waals surface area (Å²) in [7, 11) is 0. The molecule has 1 unspecified atom stereocenters. The van der Waals surface area contributed by atoms with E-state index in [2.05, 4.69) is 23.2 Å². The molecule has 0 fully saturated rings. The van der Waals surface area contributed by atoms with Crippen molar-refractivity contribution in [1.29, 1.82) is 5.26 Å². The molecule has 1 aromatic heterocycles. The maximum absolute atomic E-state index is 9.73. The number of aromatic nitrogens is 2. The van der Waals surface area contributed by atoms with Crippen LogP contribution in [0.2, 0.25) is 5.02 Å². The third-order valence-electron chi connectivity index (χ3n) is 5.03. The topological polar surface area (TPSA) is 97.0 Å². The van der Waals surface area contributed by atoms with Gasteiger partial charge in [0.1, 0.15) is 24.0 Å². The number of nitrogens with two attached hydrogens (primary N) is 1. The molecular formula is C23H21ClN4O2. The molecule has 0 aliphatic carbocycles. The Morgan fingerprint density at radius 3 is 2.77 bits per heavy atom. The van der Waals surface area contributed by atoms with E-state index in [0.29, 0.717) is 23.1 Å². The van der Waals surface area contributed by atoms with Crippen LogP contribution in [-0.4, -0.2) is 10.2 Å². The number of H-pyrrole nitrogens is 1. The second kappa shape index (κ2) is 8.52. The monoisotopic (exact) mass is 420 g/mol. The van der Waals surface area contributed by atoms with Crippen LogP contribution < -0.4 is 15.2 Å². The minimum absolute atomic E-state index is 0.0887. The van der Waals surface area contributed by atoms with E-state index in [1.165, 1.54) is 0 Å². The summed E-state index contributed by atoms with van der Waals surface area (Å²) < 4.78 is 11.5. The molecule has 7 heteroatoms. The Labute approximate surface area is 179 Å². The first-order valence-corrected chi connectivity index (χ1v) is 10.1. The highest BCUT2D eigenvalue weighted by Crippen LogP contribution is 2.43. The van der Waals surface area contributed by atoms with E-state index in [9.17, 15) is 5.26 Å². The summed E-state index contributed by atoms with van der Waals surface area (Å²) in [4.78, 5) is 0. The number of hydrogen-bond acceptors (Lipinski definition) is 5. The molecule has 1 aliphatic heterocycles. The summed E-state index contributed by atoms with van der Waals surface area (Å²) >= 11 is 6.03. The van der Waals surface area contributed by atoms with Gasteiger partial charge in [-0.05, 0) is 41.8 Å². The van der Waals surface area contributed by atoms with Gasteiger partial charge in [0.25, 0.3) is 0 Å². The Balaban J connectivity index is 1.61. The van der Waals surface area contributed by atoms with Crippen molar-refractivity contribution in [2.45, 2.75) is 32.3 Å². The summed E-state index contributed by atoms with van der Waals surface area (Å²) in [6, 6.07) is 17.4. The van der Waals surface area contributed by atoms with Gasteiger partial charge in [0.05, 0.1) is 5.92 Å². The lowest BCUT2D eigenvalue weighted by atomic mass is 9.83. The molecule has 6 nitrogen and oxygen atoms in total. The number of nitrogens with zero attached hydrogens (tertiary/aromatic N) is 2. The molecule has 1 atom stereocenters. The Kier molecular flexibility index (Phi) is 5.64. The fourth-order valence-corrected chi connectivity index (χ4v) is 3.85. The predicted octanol–water partition coefficient (Wildman–Crippen LogP) is 4.81. The molecule has 3 aromatic rings. The van der Waals surface area contributed by atoms with E-state index in [4.69, 9.17) is 26.8 Å². The van der Waals surface area contributed by atoms with Crippen molar-refractivity contribution in [2.24, 2.45) is 5.73 Å². The summed E-state index contributed by atoms with van der Waals surface area (Å²) in [5.74, 6) is 0.913. The highest BCUT2D eigenvalue weighted by atomic mass is 35.5. The normalized spacial score (nSPS) is 15.3. The van der Waals surface area contributed by atoms with E-state index < -0.39 is 0 Å². The Morgan fingerprint density at radius 1 is 1.27 bits per heavy atom. The van der Waals surface area contributed by atoms with Crippen LogP contribution in [0.25, 0.3) is 0 Å². The lowest BCUT2D eigenvalue weighted by Gasteiger charge is -2.24. The molecule has 0 radical (unpaired) electrons. The van der Waals surface area contributed by atoms with Crippen LogP contribution in [0.1, 0.15) is 41.6 Å². The van der Waals surface area contributed by atoms with Gasteiger partial charge in [-0.3, -0.25) is 5.10 Å². The first-order valence-electron chi connectivity index (χ1n) is 9.72. The van der Waals surface area contributed by atoms with Gasteiger partial charge in [0.2, 0.25) is 11.8 Å². The van der Waals surface area contributed by atoms with Crippen LogP contribution in [0.4, 0.5) is 0 Å². The number of aryl methyl sites for hydroxylation is 1. The van der Waals surface area contributed by atoms with Gasteiger partial charge in [0, 0.05) is 16.3 Å². The SMILES string of the molecule is CCCc1[nH]nc2c1C(c1ccc(OCc3cccc(Cl)c3)cc1)C(C#N)=C(N)O2. The molecule has 2 aromatic carbocycles. The highest BCUT2D eigenvalue weighted by molar-refractivity contribution is 6.30. The molecule has 0 saturated carbocycles. The number of hydrogen-bond donors (Lipinski definition) is 2. The van der Waals surface area contributed by atoms with Gasteiger partial charge in [-0.2, -0.15) is 5.26 Å². The number of allylic oxidation sites excluding steroid dienone is 1. The third kappa shape index (κ3) is 3.85. The van der Waals surface area contributed by atoms with Gasteiger partial charge < -0.3 is 15.2 Å². The van der Waals surface area contributed by atoms with Crippen molar-refractivity contribution >= 4 is 11.6 Å². The summed E-state index contributed by atoms with van der Waals surface area (Å²) in [5, 5.41) is 17.7. The lowest BCUT2D eigenvalue weighted by Crippen LogP contribution is -2.21. The summed E-state index contributed by atoms with van der Waals surface area (Å²) in [5.41, 5.74) is 10.1. The van der Waals surface area contributed by atoms with E-state index in [0.717, 1.165) is 41.0 Å². The van der Waals surface area contributed by atoms with Crippen LogP contribution in [0.3, 0.4) is 0 Å². The molecular weight excluding hydrogens is 400 g/mol. The highest BCUT2D eigenvalue weighted by Gasteiger charge is 2.34. The van der Waals surface area contributed by atoms with Crippen molar-refractivity contribution in [3.8, 4) is 17.7 Å². The Hall–Kier alpha value is -3.43. The van der Waals surface area contributed by atoms with E-state index in [1.54, 1.807) is 0 Å². The zero-order valence-electron chi connectivity index (χ0n) is 16.5. The zero-order valence-corrected chi connectivity index (χ0v) is 17.2. The number of benzene rings is 2. The molecule has 2 heterocycles. The molecule has 0 bridgehead atoms. The molecule has 152 valence electrons. The second-order valence-corrected chi connectivity index (χ2v) is 7.52. The summed E-state index contributed by atoms with van der Waals surface area (Å²) in [6.45, 7) is 2.51. The molecule has 30 heavy (non-hydrogen) atoms. The standard InChI is InChI=1S/C23H21ClN4O2/c1-2-4-19-21-20(18(12-25)22(26)30-23(21)28-27-19)15-7-9-17(10-8-15)29-13-14-5-3-6-16(24)11-14/h3,5-11,20H,2,4,13,26H2,1H3,(H,27,28). The predicted molar refractivity (Wildman–Crippen MR) is 114 cm³/mol. The van der Waals surface area contributed by atoms with Gasteiger partial charge in [-0.1, -0.05) is 49.2 Å². The molecule has 0 spiro atoms. The van der Waals surface area contributed by atoms with E-state index >= 15 is 0 Å². The number of aromatic amines is 1. The zero-order chi connectivity index (χ0) is 21.1. The Bertz CT molecular complexity index is 1130. The van der Waals surface area contributed by atoms with Crippen LogP contribution in [0.15, 0.2) is 60.0 Å². The average Bonchev–Trinajstić information content (AvgIpc) is 3.14. The lowest BCUT2D eigenvalue weighted by molar-refractivity contribution is 0.306. The number of rotatable bonds is 6. The first kappa shape index (κ1) is 19.9. The van der Waals surface area contributed by atoms with Gasteiger partial charge in [0.15, 0.2) is 0 Å². The molecule has 0 saturated heterocycles. The smallest absolute Gasteiger partial charge is 0.244 e. The second-order valence-electron chi connectivity index (χ2n) is 7.08. The van der Waals surface area contributed by atoms with Crippen LogP contribution in [0, 0.1) is 11.3 Å². The van der Waals surface area contributed by atoms with Crippen molar-refractivity contribution in [3.05, 3.63) is 87.4 Å². The number of fused-ring (bicyclic) bond motifs is 1. The third-order valence-corrected chi connectivity index (χ3v) is 5.26.